The normalized spacial score (nSPS) is 9.83. The first kappa shape index (κ1) is 15.8. The Hall–Kier alpha value is -2.20. The van der Waals surface area contributed by atoms with E-state index in [1.165, 1.54) is 6.08 Å². The molecule has 0 spiro atoms. The van der Waals surface area contributed by atoms with Crippen LogP contribution in [0.4, 0.5) is 0 Å². The molecule has 0 rings (SSSR count). The van der Waals surface area contributed by atoms with Crippen molar-refractivity contribution in [2.75, 3.05) is 13.2 Å². The molecule has 0 atom stereocenters. The minimum absolute atomic E-state index is 0.200. The maximum Gasteiger partial charge on any atom is 0.330 e. The molecule has 0 aromatic carbocycles. The van der Waals surface area contributed by atoms with Gasteiger partial charge in [0.1, 0.15) is 18.8 Å². The number of hydrogen-bond acceptors (Lipinski definition) is 6. The summed E-state index contributed by atoms with van der Waals surface area (Å²) in [6, 6.07) is 0. The van der Waals surface area contributed by atoms with Crippen LogP contribution in [0, 0.1) is 0 Å². The molecule has 0 heterocycles. The quantitative estimate of drug-likeness (QED) is 0.278. The molecule has 0 aromatic heterocycles. The fourth-order valence-corrected chi connectivity index (χ4v) is 1.02. The lowest BCUT2D eigenvalue weighted by atomic mass is 9.99. The summed E-state index contributed by atoms with van der Waals surface area (Å²) < 4.78 is 9.64. The molecule has 0 aliphatic rings. The van der Waals surface area contributed by atoms with Crippen molar-refractivity contribution in [1.82, 2.24) is 0 Å². The monoisotopic (exact) mass is 253 g/mol. The Labute approximate surface area is 105 Å². The van der Waals surface area contributed by atoms with Crippen molar-refractivity contribution < 1.29 is 23.9 Å². The van der Waals surface area contributed by atoms with Crippen LogP contribution in [0.15, 0.2) is 30.3 Å². The summed E-state index contributed by atoms with van der Waals surface area (Å²) in [7, 11) is 0. The minimum atomic E-state index is -1.13. The molecule has 0 N–H and O–H groups in total. The van der Waals surface area contributed by atoms with Crippen LogP contribution in [0.5, 0.6) is 0 Å². The van der Waals surface area contributed by atoms with Crippen LogP contribution in [0.2, 0.25) is 0 Å². The zero-order valence-corrected chi connectivity index (χ0v) is 10.2. The molecule has 6 heteroatoms. The van der Waals surface area contributed by atoms with E-state index in [0.29, 0.717) is 6.42 Å². The number of ether oxygens (including phenoxy) is 2. The third-order valence-electron chi connectivity index (χ3n) is 2.24. The molecule has 6 nitrogen and oxygen atoms in total. The van der Waals surface area contributed by atoms with Crippen molar-refractivity contribution in [3.63, 3.8) is 0 Å². The Kier molecular flexibility index (Phi) is 7.00. The van der Waals surface area contributed by atoms with Crippen molar-refractivity contribution in [1.29, 1.82) is 0 Å². The molecule has 0 saturated heterocycles. The third kappa shape index (κ3) is 5.23. The molecular weight excluding hydrogens is 238 g/mol. The van der Waals surface area contributed by atoms with Gasteiger partial charge in [-0.25, -0.2) is 14.4 Å². The SMILES string of the molecule is C=CC(=O)OCC(CC)(COC(=O)C=C)N=C=O. The number of nitrogens with zero attached hydrogens (tertiary/aromatic N) is 1. The van der Waals surface area contributed by atoms with E-state index in [1.807, 2.05) is 0 Å². The Bertz CT molecular complexity index is 358. The van der Waals surface area contributed by atoms with Gasteiger partial charge in [0.2, 0.25) is 6.08 Å². The second-order valence-electron chi connectivity index (χ2n) is 3.40. The average molecular weight is 253 g/mol. The van der Waals surface area contributed by atoms with Gasteiger partial charge in [0.25, 0.3) is 0 Å². The van der Waals surface area contributed by atoms with E-state index in [2.05, 4.69) is 18.2 Å². The van der Waals surface area contributed by atoms with Gasteiger partial charge in [0.15, 0.2) is 0 Å². The molecule has 0 amide bonds. The predicted molar refractivity (Wildman–Crippen MR) is 63.5 cm³/mol. The Morgan fingerprint density at radius 3 is 1.94 bits per heavy atom. The van der Waals surface area contributed by atoms with E-state index in [-0.39, 0.29) is 13.2 Å². The number of carbonyl (C=O) groups is 2. The number of carbonyl (C=O) groups excluding carboxylic acids is 3. The largest absolute Gasteiger partial charge is 0.460 e. The zero-order valence-electron chi connectivity index (χ0n) is 10.2. The van der Waals surface area contributed by atoms with Gasteiger partial charge >= 0.3 is 11.9 Å². The number of aliphatic imine (C=N–C) groups is 1. The van der Waals surface area contributed by atoms with Crippen LogP contribution >= 0.6 is 0 Å². The van der Waals surface area contributed by atoms with Crippen LogP contribution < -0.4 is 0 Å². The summed E-state index contributed by atoms with van der Waals surface area (Å²) in [5.41, 5.74) is -1.13. The maximum absolute atomic E-state index is 11.0. The van der Waals surface area contributed by atoms with E-state index in [9.17, 15) is 14.4 Å². The first-order valence-electron chi connectivity index (χ1n) is 5.21. The fourth-order valence-electron chi connectivity index (χ4n) is 1.02. The van der Waals surface area contributed by atoms with Gasteiger partial charge in [-0.15, -0.1) is 0 Å². The van der Waals surface area contributed by atoms with Gasteiger partial charge in [-0.2, -0.15) is 4.99 Å². The smallest absolute Gasteiger partial charge is 0.330 e. The second kappa shape index (κ2) is 7.97. The van der Waals surface area contributed by atoms with Crippen LogP contribution in [0.1, 0.15) is 13.3 Å². The molecule has 0 aliphatic heterocycles. The van der Waals surface area contributed by atoms with Gasteiger partial charge in [-0.05, 0) is 6.42 Å². The number of rotatable bonds is 8. The summed E-state index contributed by atoms with van der Waals surface area (Å²) >= 11 is 0. The summed E-state index contributed by atoms with van der Waals surface area (Å²) in [5.74, 6) is -1.30. The number of esters is 2. The molecule has 98 valence electrons. The lowest BCUT2D eigenvalue weighted by molar-refractivity contribution is -0.143. The summed E-state index contributed by atoms with van der Waals surface area (Å²) in [4.78, 5) is 35.9. The van der Waals surface area contributed by atoms with Crippen molar-refractivity contribution in [2.45, 2.75) is 18.9 Å². The molecule has 0 saturated carbocycles. The topological polar surface area (TPSA) is 82.0 Å². The third-order valence-corrected chi connectivity index (χ3v) is 2.24. The average Bonchev–Trinajstić information content (AvgIpc) is 2.41. The first-order valence-corrected chi connectivity index (χ1v) is 5.21. The number of isocyanates is 1. The van der Waals surface area contributed by atoms with Crippen LogP contribution in [-0.4, -0.2) is 36.8 Å². The second-order valence-corrected chi connectivity index (χ2v) is 3.40. The highest BCUT2D eigenvalue weighted by Gasteiger charge is 2.31. The van der Waals surface area contributed by atoms with Gasteiger partial charge < -0.3 is 9.47 Å². The Morgan fingerprint density at radius 2 is 1.67 bits per heavy atom. The Morgan fingerprint density at radius 1 is 1.22 bits per heavy atom. The van der Waals surface area contributed by atoms with Crippen molar-refractivity contribution >= 4 is 18.0 Å². The van der Waals surface area contributed by atoms with Crippen LogP contribution in [-0.2, 0) is 23.9 Å². The van der Waals surface area contributed by atoms with Crippen LogP contribution in [0.25, 0.3) is 0 Å². The Balaban J connectivity index is 4.74. The van der Waals surface area contributed by atoms with Crippen LogP contribution in [0.3, 0.4) is 0 Å². The molecule has 18 heavy (non-hydrogen) atoms. The summed E-state index contributed by atoms with van der Waals surface area (Å²) in [5, 5.41) is 0. The van der Waals surface area contributed by atoms with Crippen molar-refractivity contribution in [2.24, 2.45) is 4.99 Å². The summed E-state index contributed by atoms with van der Waals surface area (Å²) in [6.45, 7) is 7.79. The fraction of sp³-hybridized carbons (Fsp3) is 0.417. The zero-order chi connectivity index (χ0) is 14.0. The van der Waals surface area contributed by atoms with E-state index < -0.39 is 17.5 Å². The van der Waals surface area contributed by atoms with Crippen molar-refractivity contribution in [3.05, 3.63) is 25.3 Å². The molecule has 0 fully saturated rings. The first-order chi connectivity index (χ1) is 8.53. The molecule has 0 unspecified atom stereocenters. The molecule has 0 radical (unpaired) electrons. The van der Waals surface area contributed by atoms with Gasteiger partial charge in [-0.3, -0.25) is 0 Å². The van der Waals surface area contributed by atoms with E-state index in [0.717, 1.165) is 12.2 Å². The van der Waals surface area contributed by atoms with E-state index >= 15 is 0 Å². The highest BCUT2D eigenvalue weighted by molar-refractivity contribution is 5.81. The van der Waals surface area contributed by atoms with Gasteiger partial charge in [-0.1, -0.05) is 20.1 Å². The maximum atomic E-state index is 11.0. The van der Waals surface area contributed by atoms with Gasteiger partial charge in [0, 0.05) is 12.2 Å². The van der Waals surface area contributed by atoms with E-state index in [4.69, 9.17) is 9.47 Å². The number of hydrogen-bond donors (Lipinski definition) is 0. The van der Waals surface area contributed by atoms with E-state index in [1.54, 1.807) is 6.92 Å². The lowest BCUT2D eigenvalue weighted by Crippen LogP contribution is -2.38. The predicted octanol–water partition coefficient (Wildman–Crippen LogP) is 0.929. The standard InChI is InChI=1S/C12H15NO5/c1-4-10(15)17-7-12(6-3,13-9-14)8-18-11(16)5-2/h4-5H,1-2,6-8H2,3H3. The minimum Gasteiger partial charge on any atom is -0.460 e. The van der Waals surface area contributed by atoms with Gasteiger partial charge in [0.05, 0.1) is 0 Å². The summed E-state index contributed by atoms with van der Waals surface area (Å²) in [6.07, 6.45) is 3.69. The van der Waals surface area contributed by atoms with Crippen molar-refractivity contribution in [3.8, 4) is 0 Å². The molecule has 0 bridgehead atoms. The molecular formula is C12H15NO5. The highest BCUT2D eigenvalue weighted by Crippen LogP contribution is 2.17. The lowest BCUT2D eigenvalue weighted by Gasteiger charge is -2.25. The molecule has 0 aliphatic carbocycles. The highest BCUT2D eigenvalue weighted by atomic mass is 16.5. The molecule has 0 aromatic rings.